The summed E-state index contributed by atoms with van der Waals surface area (Å²) in [7, 11) is 1.06. The molecule has 3 aromatic carbocycles. The van der Waals surface area contributed by atoms with Gasteiger partial charge in [-0.2, -0.15) is 0 Å². The molecule has 0 spiro atoms. The smallest absolute Gasteiger partial charge is 0.126 e. The number of aliphatic hydroxyl groups is 1. The maximum Gasteiger partial charge on any atom is 0.126 e. The van der Waals surface area contributed by atoms with Gasteiger partial charge in [0.1, 0.15) is 5.75 Å². The van der Waals surface area contributed by atoms with Gasteiger partial charge in [0.05, 0.1) is 13.2 Å². The maximum atomic E-state index is 10.7. The third-order valence-corrected chi connectivity index (χ3v) is 7.00. The summed E-state index contributed by atoms with van der Waals surface area (Å²) >= 11 is 0. The minimum Gasteiger partial charge on any atom is -0.496 e. The van der Waals surface area contributed by atoms with Crippen LogP contribution in [-0.2, 0) is 0 Å². The molecule has 0 radical (unpaired) electrons. The number of rotatable bonds is 8. The summed E-state index contributed by atoms with van der Waals surface area (Å²) in [5.74, 6) is 0.908. The molecule has 0 saturated heterocycles. The van der Waals surface area contributed by atoms with Crippen LogP contribution in [0.3, 0.4) is 0 Å². The number of aliphatic hydroxyl groups excluding tert-OH is 1. The molecule has 2 unspecified atom stereocenters. The third kappa shape index (κ3) is 4.95. The molecule has 3 nitrogen and oxygen atoms in total. The Labute approximate surface area is 162 Å². The van der Waals surface area contributed by atoms with Gasteiger partial charge >= 0.3 is 0 Å². The van der Waals surface area contributed by atoms with Crippen LogP contribution in [0.5, 0.6) is 5.75 Å². The zero-order valence-corrected chi connectivity index (χ0v) is 16.6. The van der Waals surface area contributed by atoms with E-state index in [0.717, 1.165) is 17.6 Å². The van der Waals surface area contributed by atoms with E-state index in [-0.39, 0.29) is 6.04 Å². The highest BCUT2D eigenvalue weighted by molar-refractivity contribution is 7.73. The molecule has 0 aliphatic carbocycles. The Kier molecular flexibility index (Phi) is 7.00. The van der Waals surface area contributed by atoms with Gasteiger partial charge in [-0.05, 0) is 31.8 Å². The van der Waals surface area contributed by atoms with Crippen molar-refractivity contribution < 1.29 is 9.84 Å². The Balaban J connectivity index is 1.80. The van der Waals surface area contributed by atoms with Gasteiger partial charge in [0.25, 0.3) is 0 Å². The summed E-state index contributed by atoms with van der Waals surface area (Å²) in [4.78, 5) is 0. The standard InChI is InChI=1S/C23H26NO2P/c1-18(23(25)19-11-5-3-6-12-19)24-17-27(20-13-7-4-8-14-20)22-16-10-9-15-21(22)26-2/h3-16,18,23-25H,17H2,1-2H3/t18-,23?,27?/m0/s1. The molecule has 3 aromatic rings. The SMILES string of the molecule is COc1ccccc1P(CN[C@@H](C)C(O)c1ccccc1)c1ccccc1. The van der Waals surface area contributed by atoms with Crippen LogP contribution in [0, 0.1) is 0 Å². The number of para-hydroxylation sites is 1. The zero-order chi connectivity index (χ0) is 19.1. The number of methoxy groups -OCH3 is 1. The number of hydrogen-bond donors (Lipinski definition) is 2. The van der Waals surface area contributed by atoms with Crippen LogP contribution in [0.2, 0.25) is 0 Å². The van der Waals surface area contributed by atoms with E-state index in [9.17, 15) is 5.11 Å². The Morgan fingerprint density at radius 3 is 2.15 bits per heavy atom. The summed E-state index contributed by atoms with van der Waals surface area (Å²) in [5, 5.41) is 16.7. The minimum atomic E-state index is -0.651. The molecule has 2 N–H and O–H groups in total. The van der Waals surface area contributed by atoms with Crippen molar-refractivity contribution in [3.63, 3.8) is 0 Å². The third-order valence-electron chi connectivity index (χ3n) is 4.63. The van der Waals surface area contributed by atoms with E-state index in [4.69, 9.17) is 4.74 Å². The van der Waals surface area contributed by atoms with Crippen molar-refractivity contribution in [2.24, 2.45) is 0 Å². The van der Waals surface area contributed by atoms with E-state index in [1.54, 1.807) is 7.11 Å². The molecule has 0 saturated carbocycles. The summed E-state index contributed by atoms with van der Waals surface area (Å²) in [5.41, 5.74) is 0.929. The fourth-order valence-corrected chi connectivity index (χ4v) is 5.39. The molecule has 0 heterocycles. The molecular weight excluding hydrogens is 353 g/mol. The Hall–Kier alpha value is -2.19. The second-order valence-electron chi connectivity index (χ2n) is 6.44. The van der Waals surface area contributed by atoms with Gasteiger partial charge in [0, 0.05) is 17.6 Å². The predicted molar refractivity (Wildman–Crippen MR) is 114 cm³/mol. The molecule has 0 bridgehead atoms. The van der Waals surface area contributed by atoms with Crippen LogP contribution >= 0.6 is 7.92 Å². The molecule has 4 heteroatoms. The molecule has 3 rings (SSSR count). The molecule has 3 atom stereocenters. The van der Waals surface area contributed by atoms with Gasteiger partial charge in [0.15, 0.2) is 0 Å². The van der Waals surface area contributed by atoms with Crippen molar-refractivity contribution in [1.82, 2.24) is 5.32 Å². The fourth-order valence-electron chi connectivity index (χ4n) is 3.06. The van der Waals surface area contributed by atoms with E-state index >= 15 is 0 Å². The molecule has 0 amide bonds. The highest BCUT2D eigenvalue weighted by Gasteiger charge is 2.21. The lowest BCUT2D eigenvalue weighted by atomic mass is 10.0. The highest BCUT2D eigenvalue weighted by Crippen LogP contribution is 2.36. The maximum absolute atomic E-state index is 10.7. The Morgan fingerprint density at radius 2 is 1.48 bits per heavy atom. The summed E-state index contributed by atoms with van der Waals surface area (Å²) in [6.45, 7) is 2.03. The lowest BCUT2D eigenvalue weighted by Crippen LogP contribution is -2.34. The summed E-state index contributed by atoms with van der Waals surface area (Å²) in [6, 6.07) is 28.4. The largest absolute Gasteiger partial charge is 0.496 e. The van der Waals surface area contributed by atoms with Gasteiger partial charge in [-0.1, -0.05) is 78.9 Å². The Morgan fingerprint density at radius 1 is 0.889 bits per heavy atom. The zero-order valence-electron chi connectivity index (χ0n) is 15.7. The summed E-state index contributed by atoms with van der Waals surface area (Å²) < 4.78 is 5.61. The number of benzene rings is 3. The van der Waals surface area contributed by atoms with Crippen LogP contribution in [-0.4, -0.2) is 24.5 Å². The lowest BCUT2D eigenvalue weighted by molar-refractivity contribution is 0.139. The van der Waals surface area contributed by atoms with Crippen molar-refractivity contribution in [3.8, 4) is 5.75 Å². The van der Waals surface area contributed by atoms with Crippen molar-refractivity contribution in [2.45, 2.75) is 19.1 Å². The van der Waals surface area contributed by atoms with Gasteiger partial charge < -0.3 is 15.2 Å². The average molecular weight is 379 g/mol. The second kappa shape index (κ2) is 9.66. The van der Waals surface area contributed by atoms with Crippen LogP contribution in [0.25, 0.3) is 0 Å². The van der Waals surface area contributed by atoms with Crippen molar-refractivity contribution >= 4 is 18.5 Å². The quantitative estimate of drug-likeness (QED) is 0.585. The van der Waals surface area contributed by atoms with Crippen molar-refractivity contribution in [1.29, 1.82) is 0 Å². The van der Waals surface area contributed by atoms with Crippen LogP contribution in [0.4, 0.5) is 0 Å². The van der Waals surface area contributed by atoms with Crippen LogP contribution in [0.15, 0.2) is 84.9 Å². The van der Waals surface area contributed by atoms with Crippen molar-refractivity contribution in [2.75, 3.05) is 13.4 Å². The molecule has 0 aromatic heterocycles. The normalized spacial score (nSPS) is 14.3. The molecule has 0 aliphatic heterocycles. The van der Waals surface area contributed by atoms with E-state index in [1.807, 2.05) is 55.5 Å². The van der Waals surface area contributed by atoms with Gasteiger partial charge in [-0.25, -0.2) is 0 Å². The Bertz CT molecular complexity index is 826. The van der Waals surface area contributed by atoms with E-state index in [0.29, 0.717) is 0 Å². The highest BCUT2D eigenvalue weighted by atomic mass is 31.1. The topological polar surface area (TPSA) is 41.5 Å². The van der Waals surface area contributed by atoms with E-state index < -0.39 is 14.0 Å². The molecule has 27 heavy (non-hydrogen) atoms. The number of hydrogen-bond acceptors (Lipinski definition) is 3. The fraction of sp³-hybridized carbons (Fsp3) is 0.217. The first-order chi connectivity index (χ1) is 13.2. The second-order valence-corrected chi connectivity index (χ2v) is 8.61. The molecule has 140 valence electrons. The molecular formula is C23H26NO2P. The molecule has 0 aliphatic rings. The molecule has 0 fully saturated rings. The summed E-state index contributed by atoms with van der Waals surface area (Å²) in [6.07, 6.45) is 0.224. The lowest BCUT2D eigenvalue weighted by Gasteiger charge is -2.26. The number of ether oxygens (including phenoxy) is 1. The first-order valence-corrected chi connectivity index (χ1v) is 10.7. The van der Waals surface area contributed by atoms with E-state index in [2.05, 4.69) is 41.7 Å². The average Bonchev–Trinajstić information content (AvgIpc) is 2.75. The van der Waals surface area contributed by atoms with Crippen LogP contribution < -0.4 is 20.7 Å². The van der Waals surface area contributed by atoms with Crippen LogP contribution in [0.1, 0.15) is 18.6 Å². The monoisotopic (exact) mass is 379 g/mol. The first-order valence-electron chi connectivity index (χ1n) is 9.12. The van der Waals surface area contributed by atoms with Gasteiger partial charge in [-0.15, -0.1) is 0 Å². The van der Waals surface area contributed by atoms with Crippen molar-refractivity contribution in [3.05, 3.63) is 90.5 Å². The van der Waals surface area contributed by atoms with E-state index in [1.165, 1.54) is 10.6 Å². The number of nitrogens with one attached hydrogen (secondary N) is 1. The first kappa shape index (κ1) is 19.6. The van der Waals surface area contributed by atoms with Gasteiger partial charge in [-0.3, -0.25) is 0 Å². The predicted octanol–water partition coefficient (Wildman–Crippen LogP) is 3.80. The minimum absolute atomic E-state index is 0.0594. The van der Waals surface area contributed by atoms with Gasteiger partial charge in [0.2, 0.25) is 0 Å².